The highest BCUT2D eigenvalue weighted by Crippen LogP contribution is 2.28. The number of methoxy groups -OCH3 is 1. The van der Waals surface area contributed by atoms with Crippen LogP contribution in [0.3, 0.4) is 0 Å². The molecule has 2 amide bonds. The number of nitro groups is 1. The number of anilines is 1. The zero-order valence-electron chi connectivity index (χ0n) is 11.5. The van der Waals surface area contributed by atoms with Gasteiger partial charge in [-0.25, -0.2) is 9.59 Å². The maximum absolute atomic E-state index is 11.7. The maximum atomic E-state index is 11.7. The van der Waals surface area contributed by atoms with Crippen LogP contribution in [0.5, 0.6) is 5.75 Å². The highest BCUT2D eigenvalue weighted by molar-refractivity contribution is 5.93. The average Bonchev–Trinajstić information content (AvgIpc) is 2.44. The van der Waals surface area contributed by atoms with E-state index in [2.05, 4.69) is 10.6 Å². The first-order valence-corrected chi connectivity index (χ1v) is 6.01. The van der Waals surface area contributed by atoms with Gasteiger partial charge in [-0.05, 0) is 12.5 Å². The number of aliphatic carboxylic acids is 1. The van der Waals surface area contributed by atoms with Gasteiger partial charge < -0.3 is 20.5 Å². The minimum atomic E-state index is -1.15. The van der Waals surface area contributed by atoms with E-state index in [9.17, 15) is 19.7 Å². The van der Waals surface area contributed by atoms with E-state index in [-0.39, 0.29) is 23.5 Å². The fourth-order valence-corrected chi connectivity index (χ4v) is 1.55. The highest BCUT2D eigenvalue weighted by atomic mass is 16.6. The van der Waals surface area contributed by atoms with E-state index in [1.165, 1.54) is 19.2 Å². The molecule has 0 unspecified atom stereocenters. The lowest BCUT2D eigenvalue weighted by Gasteiger charge is -2.14. The summed E-state index contributed by atoms with van der Waals surface area (Å²) in [6, 6.07) is 1.90. The molecule has 0 aliphatic carbocycles. The van der Waals surface area contributed by atoms with E-state index < -0.39 is 23.0 Å². The number of benzene rings is 1. The number of carboxylic acid groups (broad SMARTS) is 1. The standard InChI is InChI=1S/C12H15N3O6/c1-3-8(11(16)17)13-12(18)14-9-5-4-7(15(19)20)6-10(9)21-2/h4-6,8H,3H2,1-2H3,(H,16,17)(H2,13,14,18)/t8-/m0/s1. The first-order chi connectivity index (χ1) is 9.88. The van der Waals surface area contributed by atoms with E-state index in [1.807, 2.05) is 0 Å². The van der Waals surface area contributed by atoms with Crippen molar-refractivity contribution >= 4 is 23.4 Å². The molecule has 0 fully saturated rings. The van der Waals surface area contributed by atoms with Gasteiger partial charge in [-0.2, -0.15) is 0 Å². The molecule has 0 aromatic heterocycles. The smallest absolute Gasteiger partial charge is 0.326 e. The van der Waals surface area contributed by atoms with Crippen molar-refractivity contribution in [2.45, 2.75) is 19.4 Å². The number of carbonyl (C=O) groups is 2. The number of ether oxygens (including phenoxy) is 1. The number of nitrogens with one attached hydrogen (secondary N) is 2. The quantitative estimate of drug-likeness (QED) is 0.539. The van der Waals surface area contributed by atoms with Crippen molar-refractivity contribution in [3.63, 3.8) is 0 Å². The summed E-state index contributed by atoms with van der Waals surface area (Å²) in [7, 11) is 1.30. The lowest BCUT2D eigenvalue weighted by molar-refractivity contribution is -0.384. The van der Waals surface area contributed by atoms with Gasteiger partial charge in [-0.1, -0.05) is 6.92 Å². The Balaban J connectivity index is 2.85. The topological polar surface area (TPSA) is 131 Å². The van der Waals surface area contributed by atoms with Crippen LogP contribution in [0.1, 0.15) is 13.3 Å². The van der Waals surface area contributed by atoms with Gasteiger partial charge in [0, 0.05) is 6.07 Å². The molecule has 1 atom stereocenters. The summed E-state index contributed by atoms with van der Waals surface area (Å²) in [6.07, 6.45) is 0.222. The Hall–Kier alpha value is -2.84. The zero-order chi connectivity index (χ0) is 16.0. The second kappa shape index (κ2) is 7.08. The van der Waals surface area contributed by atoms with Crippen LogP contribution < -0.4 is 15.4 Å². The number of hydrogen-bond donors (Lipinski definition) is 3. The number of carbonyl (C=O) groups excluding carboxylic acids is 1. The molecule has 1 rings (SSSR count). The van der Waals surface area contributed by atoms with Gasteiger partial charge in [0.2, 0.25) is 0 Å². The summed E-state index contributed by atoms with van der Waals surface area (Å²) in [6.45, 7) is 1.62. The molecule has 1 aromatic rings. The largest absolute Gasteiger partial charge is 0.494 e. The SMILES string of the molecule is CC[C@H](NC(=O)Nc1ccc([N+](=O)[O-])cc1OC)C(=O)O. The van der Waals surface area contributed by atoms with Gasteiger partial charge in [-0.15, -0.1) is 0 Å². The molecule has 9 heteroatoms. The summed E-state index contributed by atoms with van der Waals surface area (Å²) < 4.78 is 4.95. The van der Waals surface area contributed by atoms with Crippen LogP contribution in [0.25, 0.3) is 0 Å². The molecular weight excluding hydrogens is 282 g/mol. The summed E-state index contributed by atoms with van der Waals surface area (Å²) in [5, 5.41) is 24.1. The molecule has 0 aliphatic heterocycles. The van der Waals surface area contributed by atoms with E-state index in [0.29, 0.717) is 0 Å². The molecule has 1 aromatic carbocycles. The fourth-order valence-electron chi connectivity index (χ4n) is 1.55. The predicted octanol–water partition coefficient (Wildman–Crippen LogP) is 1.59. The monoisotopic (exact) mass is 297 g/mol. The van der Waals surface area contributed by atoms with Gasteiger partial charge in [0.1, 0.15) is 11.8 Å². The Labute approximate surface area is 120 Å². The van der Waals surface area contributed by atoms with Gasteiger partial charge in [-0.3, -0.25) is 10.1 Å². The molecule has 0 radical (unpaired) electrons. The number of rotatable bonds is 6. The van der Waals surface area contributed by atoms with Crippen molar-refractivity contribution < 1.29 is 24.4 Å². The molecule has 0 saturated carbocycles. The lowest BCUT2D eigenvalue weighted by atomic mass is 10.2. The van der Waals surface area contributed by atoms with Crippen molar-refractivity contribution in [1.82, 2.24) is 5.32 Å². The number of nitrogens with zero attached hydrogens (tertiary/aromatic N) is 1. The van der Waals surface area contributed by atoms with Crippen molar-refractivity contribution in [2.75, 3.05) is 12.4 Å². The van der Waals surface area contributed by atoms with E-state index in [0.717, 1.165) is 6.07 Å². The number of amides is 2. The molecule has 0 bridgehead atoms. The zero-order valence-corrected chi connectivity index (χ0v) is 11.5. The van der Waals surface area contributed by atoms with Crippen LogP contribution in [0.4, 0.5) is 16.2 Å². The third-order valence-corrected chi connectivity index (χ3v) is 2.66. The minimum absolute atomic E-state index is 0.0997. The third kappa shape index (κ3) is 4.34. The second-order valence-electron chi connectivity index (χ2n) is 4.04. The third-order valence-electron chi connectivity index (χ3n) is 2.66. The molecule has 9 nitrogen and oxygen atoms in total. The van der Waals surface area contributed by atoms with Crippen LogP contribution in [0.15, 0.2) is 18.2 Å². The number of hydrogen-bond acceptors (Lipinski definition) is 5. The Morgan fingerprint density at radius 3 is 2.62 bits per heavy atom. The Bertz CT molecular complexity index is 560. The predicted molar refractivity (Wildman–Crippen MR) is 73.5 cm³/mol. The lowest BCUT2D eigenvalue weighted by Crippen LogP contribution is -2.42. The summed E-state index contributed by atoms with van der Waals surface area (Å²) in [5.74, 6) is -1.05. The van der Waals surface area contributed by atoms with E-state index >= 15 is 0 Å². The van der Waals surface area contributed by atoms with Crippen LogP contribution in [0, 0.1) is 10.1 Å². The van der Waals surface area contributed by atoms with E-state index in [1.54, 1.807) is 6.92 Å². The number of non-ortho nitro benzene ring substituents is 1. The minimum Gasteiger partial charge on any atom is -0.494 e. The van der Waals surface area contributed by atoms with Crippen molar-refractivity contribution in [2.24, 2.45) is 0 Å². The average molecular weight is 297 g/mol. The number of nitro benzene ring substituents is 1. The molecular formula is C12H15N3O6. The Morgan fingerprint density at radius 2 is 2.14 bits per heavy atom. The van der Waals surface area contributed by atoms with Crippen LogP contribution in [0.2, 0.25) is 0 Å². The molecule has 114 valence electrons. The summed E-state index contributed by atoms with van der Waals surface area (Å²) in [4.78, 5) is 32.6. The molecule has 0 aliphatic rings. The molecule has 3 N–H and O–H groups in total. The van der Waals surface area contributed by atoms with Crippen LogP contribution >= 0.6 is 0 Å². The van der Waals surface area contributed by atoms with Crippen molar-refractivity contribution in [3.05, 3.63) is 28.3 Å². The number of urea groups is 1. The molecule has 21 heavy (non-hydrogen) atoms. The summed E-state index contributed by atoms with van der Waals surface area (Å²) >= 11 is 0. The Morgan fingerprint density at radius 1 is 1.48 bits per heavy atom. The van der Waals surface area contributed by atoms with Crippen molar-refractivity contribution in [1.29, 1.82) is 0 Å². The van der Waals surface area contributed by atoms with Gasteiger partial charge in [0.05, 0.1) is 23.8 Å². The van der Waals surface area contributed by atoms with E-state index in [4.69, 9.17) is 9.84 Å². The van der Waals surface area contributed by atoms with Crippen LogP contribution in [-0.2, 0) is 4.79 Å². The number of carboxylic acids is 1. The Kier molecular flexibility index (Phi) is 5.47. The molecule has 0 spiro atoms. The normalized spacial score (nSPS) is 11.3. The molecule has 0 heterocycles. The van der Waals surface area contributed by atoms with Gasteiger partial charge in [0.25, 0.3) is 5.69 Å². The van der Waals surface area contributed by atoms with Crippen LogP contribution in [-0.4, -0.2) is 35.2 Å². The second-order valence-corrected chi connectivity index (χ2v) is 4.04. The molecule has 0 saturated heterocycles. The van der Waals surface area contributed by atoms with Gasteiger partial charge >= 0.3 is 12.0 Å². The first-order valence-electron chi connectivity index (χ1n) is 6.01. The maximum Gasteiger partial charge on any atom is 0.326 e. The fraction of sp³-hybridized carbons (Fsp3) is 0.333. The first kappa shape index (κ1) is 16.2. The van der Waals surface area contributed by atoms with Gasteiger partial charge in [0.15, 0.2) is 0 Å². The summed E-state index contributed by atoms with van der Waals surface area (Å²) in [5.41, 5.74) is 0.00983. The van der Waals surface area contributed by atoms with Crippen molar-refractivity contribution in [3.8, 4) is 5.75 Å². The highest BCUT2D eigenvalue weighted by Gasteiger charge is 2.19.